The lowest BCUT2D eigenvalue weighted by Gasteiger charge is -2.32. The van der Waals surface area contributed by atoms with Crippen LogP contribution in [0.25, 0.3) is 17.2 Å². The number of benzene rings is 2. The zero-order chi connectivity index (χ0) is 18.1. The Morgan fingerprint density at radius 3 is 1.92 bits per heavy atom. The quantitative estimate of drug-likeness (QED) is 0.843. The molecular weight excluding hydrogens is 311 g/mol. The monoisotopic (exact) mass is 336 g/mol. The Bertz CT molecular complexity index is 732. The van der Waals surface area contributed by atoms with Crippen LogP contribution in [0, 0.1) is 0 Å². The number of rotatable bonds is 4. The maximum Gasteiger partial charge on any atom is 0.492 e. The van der Waals surface area contributed by atoms with Gasteiger partial charge in [0.2, 0.25) is 0 Å². The molecule has 1 saturated heterocycles. The molecule has 2 aromatic carbocycles. The second-order valence-corrected chi connectivity index (χ2v) is 7.45. The molecule has 0 amide bonds. The fraction of sp³-hybridized carbons (Fsp3) is 0.333. The smallest absolute Gasteiger partial charge is 0.400 e. The van der Waals surface area contributed by atoms with E-state index in [1.54, 1.807) is 0 Å². The van der Waals surface area contributed by atoms with Gasteiger partial charge < -0.3 is 14.4 Å². The van der Waals surface area contributed by atoms with Gasteiger partial charge in [-0.3, -0.25) is 0 Å². The summed E-state index contributed by atoms with van der Waals surface area (Å²) in [6, 6.07) is 18.5. The van der Waals surface area contributed by atoms with Crippen LogP contribution in [-0.2, 0) is 9.31 Å². The summed E-state index contributed by atoms with van der Waals surface area (Å²) < 4.78 is 12.1. The van der Waals surface area contributed by atoms with Crippen LogP contribution in [0.5, 0.6) is 0 Å². The minimum atomic E-state index is -0.524. The van der Waals surface area contributed by atoms with Gasteiger partial charge in [-0.15, -0.1) is 0 Å². The minimum absolute atomic E-state index is 0.0999. The third kappa shape index (κ3) is 3.71. The van der Waals surface area contributed by atoms with Crippen molar-refractivity contribution in [2.45, 2.75) is 38.9 Å². The Hall–Kier alpha value is -1.88. The van der Waals surface area contributed by atoms with Gasteiger partial charge in [0.25, 0.3) is 0 Å². The minimum Gasteiger partial charge on any atom is -0.400 e. The lowest BCUT2D eigenvalue weighted by Crippen LogP contribution is -2.41. The molecule has 2 aromatic rings. The van der Waals surface area contributed by atoms with Gasteiger partial charge in [-0.05, 0) is 49.9 Å². The summed E-state index contributed by atoms with van der Waals surface area (Å²) in [6.07, 6.45) is 1.94. The Balaban J connectivity index is 1.81. The second-order valence-electron chi connectivity index (χ2n) is 7.45. The molecule has 1 aliphatic heterocycles. The molecule has 0 radical (unpaired) electrons. The van der Waals surface area contributed by atoms with E-state index in [1.807, 2.05) is 64.1 Å². The van der Waals surface area contributed by atoms with Crippen LogP contribution in [0.2, 0.25) is 0 Å². The molecule has 0 spiro atoms. The molecule has 1 N–H and O–H groups in total. The zero-order valence-corrected chi connectivity index (χ0v) is 15.3. The molecule has 0 atom stereocenters. The zero-order valence-electron chi connectivity index (χ0n) is 15.3. The van der Waals surface area contributed by atoms with Crippen molar-refractivity contribution in [2.75, 3.05) is 6.61 Å². The number of aliphatic hydroxyl groups is 1. The fourth-order valence-corrected chi connectivity index (χ4v) is 2.80. The average molecular weight is 336 g/mol. The van der Waals surface area contributed by atoms with Crippen LogP contribution in [0.3, 0.4) is 0 Å². The van der Waals surface area contributed by atoms with Crippen molar-refractivity contribution < 1.29 is 14.4 Å². The predicted molar refractivity (Wildman–Crippen MR) is 103 cm³/mol. The molecule has 0 bridgehead atoms. The number of aliphatic hydroxyl groups excluding tert-OH is 1. The molecule has 1 aliphatic rings. The summed E-state index contributed by atoms with van der Waals surface area (Å²) in [4.78, 5) is 0. The highest BCUT2D eigenvalue weighted by Gasteiger charge is 2.52. The van der Waals surface area contributed by atoms with Crippen molar-refractivity contribution in [3.05, 3.63) is 65.6 Å². The normalized spacial score (nSPS) is 19.2. The topological polar surface area (TPSA) is 38.7 Å². The summed E-state index contributed by atoms with van der Waals surface area (Å²) in [7, 11) is -0.524. The Labute approximate surface area is 150 Å². The SMILES string of the molecule is CC1(C)OB(C(=Cc2ccc(-c3ccccc3)cc2)CO)OC1(C)C. The highest BCUT2D eigenvalue weighted by atomic mass is 16.7. The van der Waals surface area contributed by atoms with Crippen molar-refractivity contribution in [3.63, 3.8) is 0 Å². The number of hydrogen-bond acceptors (Lipinski definition) is 3. The molecule has 3 nitrogen and oxygen atoms in total. The maximum absolute atomic E-state index is 9.79. The molecule has 1 heterocycles. The van der Waals surface area contributed by atoms with E-state index in [9.17, 15) is 5.11 Å². The molecule has 4 heteroatoms. The van der Waals surface area contributed by atoms with E-state index in [0.29, 0.717) is 0 Å². The summed E-state index contributed by atoms with van der Waals surface area (Å²) in [5, 5.41) is 9.79. The molecule has 0 aromatic heterocycles. The first kappa shape index (κ1) is 17.9. The highest BCUT2D eigenvalue weighted by molar-refractivity contribution is 6.55. The molecule has 25 heavy (non-hydrogen) atoms. The molecule has 3 rings (SSSR count). The molecule has 0 saturated carbocycles. The van der Waals surface area contributed by atoms with Gasteiger partial charge in [-0.25, -0.2) is 0 Å². The van der Waals surface area contributed by atoms with E-state index in [4.69, 9.17) is 9.31 Å². The number of hydrogen-bond donors (Lipinski definition) is 1. The standard InChI is InChI=1S/C21H25BO3/c1-20(2)21(3,4)25-22(24-20)19(15-23)14-16-10-12-18(13-11-16)17-8-6-5-7-9-17/h5-14,23H,15H2,1-4H3. The van der Waals surface area contributed by atoms with E-state index < -0.39 is 18.3 Å². The van der Waals surface area contributed by atoms with E-state index >= 15 is 0 Å². The molecule has 130 valence electrons. The molecule has 0 aliphatic carbocycles. The van der Waals surface area contributed by atoms with Crippen LogP contribution in [-0.4, -0.2) is 30.0 Å². The van der Waals surface area contributed by atoms with Gasteiger partial charge in [0, 0.05) is 0 Å². The van der Waals surface area contributed by atoms with Crippen LogP contribution in [0.1, 0.15) is 33.3 Å². The van der Waals surface area contributed by atoms with Crippen molar-refractivity contribution >= 4 is 13.2 Å². The van der Waals surface area contributed by atoms with Gasteiger partial charge in [0.15, 0.2) is 0 Å². The van der Waals surface area contributed by atoms with Crippen LogP contribution in [0.15, 0.2) is 60.1 Å². The summed E-state index contributed by atoms with van der Waals surface area (Å²) in [5.74, 6) is 0. The van der Waals surface area contributed by atoms with E-state index in [2.05, 4.69) is 24.3 Å². The van der Waals surface area contributed by atoms with Crippen LogP contribution in [0.4, 0.5) is 0 Å². The second kappa shape index (κ2) is 6.79. The third-order valence-electron chi connectivity index (χ3n) is 5.11. The van der Waals surface area contributed by atoms with Gasteiger partial charge in [-0.1, -0.05) is 60.7 Å². The third-order valence-corrected chi connectivity index (χ3v) is 5.11. The Morgan fingerprint density at radius 1 is 0.880 bits per heavy atom. The van der Waals surface area contributed by atoms with Crippen molar-refractivity contribution in [3.8, 4) is 11.1 Å². The Morgan fingerprint density at radius 2 is 1.40 bits per heavy atom. The largest absolute Gasteiger partial charge is 0.492 e. The van der Waals surface area contributed by atoms with Gasteiger partial charge in [0.05, 0.1) is 17.8 Å². The molecule has 0 unspecified atom stereocenters. The predicted octanol–water partition coefficient (Wildman–Crippen LogP) is 4.36. The lowest BCUT2D eigenvalue weighted by atomic mass is 9.77. The molecular formula is C21H25BO3. The van der Waals surface area contributed by atoms with Crippen LogP contribution >= 0.6 is 0 Å². The molecule has 1 fully saturated rings. The fourth-order valence-electron chi connectivity index (χ4n) is 2.80. The van der Waals surface area contributed by atoms with Crippen molar-refractivity contribution in [2.24, 2.45) is 0 Å². The average Bonchev–Trinajstić information content (AvgIpc) is 2.81. The summed E-state index contributed by atoms with van der Waals surface area (Å²) in [5.41, 5.74) is 3.27. The highest BCUT2D eigenvalue weighted by Crippen LogP contribution is 2.38. The summed E-state index contributed by atoms with van der Waals surface area (Å²) >= 11 is 0. The maximum atomic E-state index is 9.79. The van der Waals surface area contributed by atoms with Gasteiger partial charge in [0.1, 0.15) is 0 Å². The van der Waals surface area contributed by atoms with Gasteiger partial charge in [-0.2, -0.15) is 0 Å². The first-order valence-electron chi connectivity index (χ1n) is 8.65. The summed E-state index contributed by atoms with van der Waals surface area (Å²) in [6.45, 7) is 7.94. The first-order valence-corrected chi connectivity index (χ1v) is 8.65. The lowest BCUT2D eigenvalue weighted by molar-refractivity contribution is 0.00578. The van der Waals surface area contributed by atoms with E-state index in [-0.39, 0.29) is 6.61 Å². The van der Waals surface area contributed by atoms with Crippen LogP contribution < -0.4 is 0 Å². The van der Waals surface area contributed by atoms with Gasteiger partial charge >= 0.3 is 7.12 Å². The van der Waals surface area contributed by atoms with E-state index in [1.165, 1.54) is 11.1 Å². The Kier molecular flexibility index (Phi) is 4.87. The first-order chi connectivity index (χ1) is 11.8. The van der Waals surface area contributed by atoms with Crippen molar-refractivity contribution in [1.82, 2.24) is 0 Å². The van der Waals surface area contributed by atoms with Crippen molar-refractivity contribution in [1.29, 1.82) is 0 Å². The van der Waals surface area contributed by atoms with E-state index in [0.717, 1.165) is 11.0 Å².